The third-order valence-corrected chi connectivity index (χ3v) is 7.49. The standard InChI is InChI=1S/C20H21Cl2N3O4S/c21-16-8-7-13(10-17(16)22)12-30(28,29)25-9-3-4-14(11-25)20(27)24-18-6-2-1-5-15(18)19(23)26/h1-2,5-8,10,14H,3-4,9,11-12H2,(H2,23,26)(H,24,27). The zero-order valence-electron chi connectivity index (χ0n) is 16.0. The van der Waals surface area contributed by atoms with Crippen molar-refractivity contribution >= 4 is 50.7 Å². The number of amides is 2. The maximum Gasteiger partial charge on any atom is 0.250 e. The number of rotatable bonds is 6. The van der Waals surface area contributed by atoms with E-state index in [0.717, 1.165) is 0 Å². The molecule has 2 aromatic rings. The van der Waals surface area contributed by atoms with Crippen molar-refractivity contribution in [2.24, 2.45) is 11.7 Å². The Morgan fingerprint density at radius 2 is 1.87 bits per heavy atom. The van der Waals surface area contributed by atoms with Gasteiger partial charge >= 0.3 is 0 Å². The van der Waals surface area contributed by atoms with E-state index in [9.17, 15) is 18.0 Å². The van der Waals surface area contributed by atoms with E-state index < -0.39 is 21.8 Å². The molecule has 10 heteroatoms. The Morgan fingerprint density at radius 1 is 1.13 bits per heavy atom. The van der Waals surface area contributed by atoms with Gasteiger partial charge in [0.15, 0.2) is 0 Å². The predicted molar refractivity (Wildman–Crippen MR) is 117 cm³/mol. The Kier molecular flexibility index (Phi) is 7.02. The lowest BCUT2D eigenvalue weighted by molar-refractivity contribution is -0.120. The van der Waals surface area contributed by atoms with E-state index in [1.54, 1.807) is 30.3 Å². The van der Waals surface area contributed by atoms with Gasteiger partial charge in [0.25, 0.3) is 5.91 Å². The van der Waals surface area contributed by atoms with Gasteiger partial charge in [-0.2, -0.15) is 0 Å². The van der Waals surface area contributed by atoms with Crippen LogP contribution in [0.5, 0.6) is 0 Å². The minimum atomic E-state index is -3.65. The third kappa shape index (κ3) is 5.31. The van der Waals surface area contributed by atoms with Crippen molar-refractivity contribution in [3.8, 4) is 0 Å². The van der Waals surface area contributed by atoms with Crippen LogP contribution in [0.2, 0.25) is 10.0 Å². The van der Waals surface area contributed by atoms with Crippen molar-refractivity contribution in [1.82, 2.24) is 4.31 Å². The molecule has 3 rings (SSSR count). The molecule has 2 amide bonds. The fraction of sp³-hybridized carbons (Fsp3) is 0.300. The monoisotopic (exact) mass is 469 g/mol. The van der Waals surface area contributed by atoms with Crippen LogP contribution < -0.4 is 11.1 Å². The number of hydrogen-bond acceptors (Lipinski definition) is 4. The molecule has 2 aromatic carbocycles. The van der Waals surface area contributed by atoms with E-state index in [1.807, 2.05) is 0 Å². The van der Waals surface area contributed by atoms with Crippen LogP contribution in [0.1, 0.15) is 28.8 Å². The van der Waals surface area contributed by atoms with E-state index >= 15 is 0 Å². The molecule has 7 nitrogen and oxygen atoms in total. The number of nitrogens with zero attached hydrogens (tertiary/aromatic N) is 1. The molecule has 1 unspecified atom stereocenters. The van der Waals surface area contributed by atoms with Gasteiger partial charge in [0.1, 0.15) is 0 Å². The van der Waals surface area contributed by atoms with Crippen LogP contribution in [0, 0.1) is 5.92 Å². The van der Waals surface area contributed by atoms with Crippen molar-refractivity contribution in [2.75, 3.05) is 18.4 Å². The molecule has 3 N–H and O–H groups in total. The van der Waals surface area contributed by atoms with E-state index in [4.69, 9.17) is 28.9 Å². The molecule has 30 heavy (non-hydrogen) atoms. The van der Waals surface area contributed by atoms with E-state index in [-0.39, 0.29) is 28.8 Å². The van der Waals surface area contributed by atoms with Crippen molar-refractivity contribution in [3.05, 3.63) is 63.6 Å². The number of para-hydroxylation sites is 1. The predicted octanol–water partition coefficient (Wildman–Crippen LogP) is 3.27. The molecule has 0 saturated carbocycles. The summed E-state index contributed by atoms with van der Waals surface area (Å²) in [6.07, 6.45) is 1.10. The number of nitrogens with one attached hydrogen (secondary N) is 1. The van der Waals surface area contributed by atoms with Gasteiger partial charge in [-0.1, -0.05) is 41.4 Å². The molecule has 160 valence electrons. The van der Waals surface area contributed by atoms with Crippen LogP contribution >= 0.6 is 23.2 Å². The summed E-state index contributed by atoms with van der Waals surface area (Å²) in [6.45, 7) is 0.402. The normalized spacial score (nSPS) is 17.5. The first-order valence-electron chi connectivity index (χ1n) is 9.29. The topological polar surface area (TPSA) is 110 Å². The molecule has 0 bridgehead atoms. The van der Waals surface area contributed by atoms with Crippen molar-refractivity contribution in [2.45, 2.75) is 18.6 Å². The number of piperidine rings is 1. The highest BCUT2D eigenvalue weighted by Crippen LogP contribution is 2.26. The number of carbonyl (C=O) groups excluding carboxylic acids is 2. The van der Waals surface area contributed by atoms with Gasteiger partial charge < -0.3 is 11.1 Å². The summed E-state index contributed by atoms with van der Waals surface area (Å²) in [7, 11) is -3.65. The van der Waals surface area contributed by atoms with Crippen molar-refractivity contribution in [3.63, 3.8) is 0 Å². The lowest BCUT2D eigenvalue weighted by Crippen LogP contribution is -2.44. The molecular formula is C20H21Cl2N3O4S. The molecule has 1 aliphatic rings. The average molecular weight is 470 g/mol. The number of primary amides is 1. The van der Waals surface area contributed by atoms with Crippen LogP contribution in [0.25, 0.3) is 0 Å². The Morgan fingerprint density at radius 3 is 2.57 bits per heavy atom. The number of sulfonamides is 1. The minimum Gasteiger partial charge on any atom is -0.366 e. The van der Waals surface area contributed by atoms with Gasteiger partial charge in [0.2, 0.25) is 15.9 Å². The van der Waals surface area contributed by atoms with Gasteiger partial charge in [-0.3, -0.25) is 9.59 Å². The summed E-state index contributed by atoms with van der Waals surface area (Å²) in [4.78, 5) is 24.3. The largest absolute Gasteiger partial charge is 0.366 e. The van der Waals surface area contributed by atoms with Crippen molar-refractivity contribution in [1.29, 1.82) is 0 Å². The fourth-order valence-corrected chi connectivity index (χ4v) is 5.30. The summed E-state index contributed by atoms with van der Waals surface area (Å²) >= 11 is 11.9. The molecule has 0 radical (unpaired) electrons. The number of nitrogens with two attached hydrogens (primary N) is 1. The van der Waals surface area contributed by atoms with Crippen LogP contribution in [0.3, 0.4) is 0 Å². The first-order valence-corrected chi connectivity index (χ1v) is 11.7. The fourth-order valence-electron chi connectivity index (χ4n) is 3.38. The van der Waals surface area contributed by atoms with E-state index in [1.165, 1.54) is 16.4 Å². The van der Waals surface area contributed by atoms with Gasteiger partial charge in [-0.25, -0.2) is 12.7 Å². The number of benzene rings is 2. The smallest absolute Gasteiger partial charge is 0.250 e. The summed E-state index contributed by atoms with van der Waals surface area (Å²) < 4.78 is 27.1. The Balaban J connectivity index is 1.70. The first kappa shape index (κ1) is 22.6. The minimum absolute atomic E-state index is 0.0637. The average Bonchev–Trinajstić information content (AvgIpc) is 2.71. The van der Waals surface area contributed by atoms with Crippen molar-refractivity contribution < 1.29 is 18.0 Å². The number of anilines is 1. The highest BCUT2D eigenvalue weighted by Gasteiger charge is 2.32. The summed E-state index contributed by atoms with van der Waals surface area (Å²) in [6, 6.07) is 11.1. The molecule has 1 atom stereocenters. The number of carbonyl (C=O) groups is 2. The quantitative estimate of drug-likeness (QED) is 0.675. The molecule has 1 heterocycles. The summed E-state index contributed by atoms with van der Waals surface area (Å²) in [5, 5.41) is 3.34. The highest BCUT2D eigenvalue weighted by molar-refractivity contribution is 7.88. The van der Waals surface area contributed by atoms with Crippen LogP contribution in [-0.4, -0.2) is 37.6 Å². The molecule has 1 aliphatic heterocycles. The Labute approximate surface area is 185 Å². The first-order chi connectivity index (χ1) is 14.2. The lowest BCUT2D eigenvalue weighted by atomic mass is 9.98. The van der Waals surface area contributed by atoms with Gasteiger partial charge in [0, 0.05) is 13.1 Å². The second kappa shape index (κ2) is 9.34. The van der Waals surface area contributed by atoms with Crippen LogP contribution in [-0.2, 0) is 20.6 Å². The highest BCUT2D eigenvalue weighted by atomic mass is 35.5. The maximum absolute atomic E-state index is 12.9. The molecule has 1 saturated heterocycles. The molecule has 0 spiro atoms. The Hall–Kier alpha value is -2.13. The van der Waals surface area contributed by atoms with Gasteiger partial charge in [0.05, 0.1) is 33.0 Å². The summed E-state index contributed by atoms with van der Waals surface area (Å²) in [5.74, 6) is -1.77. The molecule has 0 aliphatic carbocycles. The second-order valence-electron chi connectivity index (χ2n) is 7.10. The van der Waals surface area contributed by atoms with Crippen LogP contribution in [0.15, 0.2) is 42.5 Å². The van der Waals surface area contributed by atoms with Gasteiger partial charge in [-0.15, -0.1) is 0 Å². The Bertz CT molecular complexity index is 1080. The maximum atomic E-state index is 12.9. The zero-order valence-corrected chi connectivity index (χ0v) is 18.3. The lowest BCUT2D eigenvalue weighted by Gasteiger charge is -2.31. The third-order valence-electron chi connectivity index (χ3n) is 4.93. The van der Waals surface area contributed by atoms with Gasteiger partial charge in [-0.05, 0) is 42.7 Å². The number of halogens is 2. The summed E-state index contributed by atoms with van der Waals surface area (Å²) in [5.41, 5.74) is 6.38. The SMILES string of the molecule is NC(=O)c1ccccc1NC(=O)C1CCCN(S(=O)(=O)Cc2ccc(Cl)c(Cl)c2)C1. The molecule has 0 aromatic heterocycles. The second-order valence-corrected chi connectivity index (χ2v) is 9.88. The van der Waals surface area contributed by atoms with E-state index in [2.05, 4.69) is 5.32 Å². The molecule has 1 fully saturated rings. The zero-order chi connectivity index (χ0) is 21.9. The number of hydrogen-bond donors (Lipinski definition) is 2. The van der Waals surface area contributed by atoms with Crippen LogP contribution in [0.4, 0.5) is 5.69 Å². The van der Waals surface area contributed by atoms with E-state index in [0.29, 0.717) is 35.7 Å². The molecular weight excluding hydrogens is 449 g/mol.